The number of rotatable bonds is 5. The van der Waals surface area contributed by atoms with E-state index in [9.17, 15) is 4.39 Å². The first-order valence-electron chi connectivity index (χ1n) is 7.73. The van der Waals surface area contributed by atoms with E-state index in [1.165, 1.54) is 17.7 Å². The fraction of sp³-hybridized carbons (Fsp3) is 0.0526. The lowest BCUT2D eigenvalue weighted by molar-refractivity contribution is 0.575. The molecule has 124 valence electrons. The van der Waals surface area contributed by atoms with Crippen LogP contribution < -0.4 is 0 Å². The van der Waals surface area contributed by atoms with Crippen molar-refractivity contribution in [3.63, 3.8) is 0 Å². The summed E-state index contributed by atoms with van der Waals surface area (Å²) >= 11 is 1.57. The fourth-order valence-electron chi connectivity index (χ4n) is 2.47. The van der Waals surface area contributed by atoms with Crippen molar-refractivity contribution in [1.82, 2.24) is 14.8 Å². The number of thioether (sulfide) groups is 1. The van der Waals surface area contributed by atoms with Crippen LogP contribution in [0, 0.1) is 5.82 Å². The van der Waals surface area contributed by atoms with E-state index in [1.807, 2.05) is 28.8 Å². The molecule has 6 heteroatoms. The molecule has 4 nitrogen and oxygen atoms in total. The number of nitrogens with zero attached hydrogens (tertiary/aromatic N) is 3. The molecule has 0 bridgehead atoms. The van der Waals surface area contributed by atoms with Crippen LogP contribution in [0.2, 0.25) is 0 Å². The summed E-state index contributed by atoms with van der Waals surface area (Å²) in [6.45, 7) is 0. The minimum Gasteiger partial charge on any atom is -0.461 e. The van der Waals surface area contributed by atoms with Gasteiger partial charge in [0.15, 0.2) is 10.9 Å². The van der Waals surface area contributed by atoms with Gasteiger partial charge in [0.2, 0.25) is 5.82 Å². The highest BCUT2D eigenvalue weighted by atomic mass is 32.2. The highest BCUT2D eigenvalue weighted by Gasteiger charge is 2.18. The van der Waals surface area contributed by atoms with Crippen LogP contribution in [0.1, 0.15) is 5.56 Å². The highest BCUT2D eigenvalue weighted by molar-refractivity contribution is 7.98. The lowest BCUT2D eigenvalue weighted by atomic mass is 10.2. The number of halogens is 1. The van der Waals surface area contributed by atoms with Crippen LogP contribution >= 0.6 is 11.8 Å². The molecule has 0 radical (unpaired) electrons. The van der Waals surface area contributed by atoms with Crippen molar-refractivity contribution in [3.8, 4) is 17.3 Å². The van der Waals surface area contributed by atoms with Gasteiger partial charge >= 0.3 is 0 Å². The molecule has 4 rings (SSSR count). The van der Waals surface area contributed by atoms with Crippen molar-refractivity contribution in [2.75, 3.05) is 0 Å². The van der Waals surface area contributed by atoms with Gasteiger partial charge in [-0.2, -0.15) is 0 Å². The van der Waals surface area contributed by atoms with Crippen LogP contribution in [0.15, 0.2) is 82.6 Å². The molecule has 25 heavy (non-hydrogen) atoms. The normalized spacial score (nSPS) is 10.9. The highest BCUT2D eigenvalue weighted by Crippen LogP contribution is 2.29. The van der Waals surface area contributed by atoms with Gasteiger partial charge in [-0.25, -0.2) is 4.39 Å². The van der Waals surface area contributed by atoms with Gasteiger partial charge in [0.25, 0.3) is 0 Å². The van der Waals surface area contributed by atoms with Crippen LogP contribution in [-0.2, 0) is 5.75 Å². The van der Waals surface area contributed by atoms with Crippen molar-refractivity contribution in [2.45, 2.75) is 10.9 Å². The van der Waals surface area contributed by atoms with E-state index in [2.05, 4.69) is 22.3 Å². The minimum atomic E-state index is -0.283. The third-order valence-electron chi connectivity index (χ3n) is 3.67. The number of hydrogen-bond acceptors (Lipinski definition) is 4. The molecule has 0 saturated heterocycles. The van der Waals surface area contributed by atoms with Gasteiger partial charge in [0.05, 0.1) is 12.0 Å². The first-order chi connectivity index (χ1) is 12.3. The lowest BCUT2D eigenvalue weighted by Gasteiger charge is -2.09. The Bertz CT molecular complexity index is 950. The van der Waals surface area contributed by atoms with Crippen LogP contribution in [0.4, 0.5) is 4.39 Å². The topological polar surface area (TPSA) is 43.9 Å². The zero-order valence-electron chi connectivity index (χ0n) is 13.2. The van der Waals surface area contributed by atoms with Crippen molar-refractivity contribution in [1.29, 1.82) is 0 Å². The molecule has 2 aromatic heterocycles. The Hall–Kier alpha value is -2.86. The Morgan fingerprint density at radius 3 is 2.44 bits per heavy atom. The zero-order chi connectivity index (χ0) is 17.1. The second-order valence-corrected chi connectivity index (χ2v) is 6.31. The van der Waals surface area contributed by atoms with E-state index in [4.69, 9.17) is 4.42 Å². The SMILES string of the molecule is Fc1ccc(-n2c(SCc3ccccc3)nnc2-c2ccco2)cc1. The first-order valence-corrected chi connectivity index (χ1v) is 8.72. The molecule has 2 aromatic carbocycles. The fourth-order valence-corrected chi connectivity index (χ4v) is 3.38. The van der Waals surface area contributed by atoms with Gasteiger partial charge in [0, 0.05) is 5.75 Å². The van der Waals surface area contributed by atoms with Crippen LogP contribution in [-0.4, -0.2) is 14.8 Å². The number of aromatic nitrogens is 3. The third-order valence-corrected chi connectivity index (χ3v) is 4.67. The maximum atomic E-state index is 13.3. The molecule has 0 aliphatic carbocycles. The standard InChI is InChI=1S/C19H14FN3OS/c20-15-8-10-16(11-9-15)23-18(17-7-4-12-24-17)21-22-19(23)25-13-14-5-2-1-3-6-14/h1-12H,13H2. The zero-order valence-corrected chi connectivity index (χ0v) is 14.0. The number of benzene rings is 2. The van der Waals surface area contributed by atoms with Crippen molar-refractivity contribution < 1.29 is 8.81 Å². The Morgan fingerprint density at radius 1 is 0.920 bits per heavy atom. The Kier molecular flexibility index (Phi) is 4.35. The number of hydrogen-bond donors (Lipinski definition) is 0. The second-order valence-electron chi connectivity index (χ2n) is 5.37. The van der Waals surface area contributed by atoms with Gasteiger partial charge in [-0.1, -0.05) is 42.1 Å². The van der Waals surface area contributed by atoms with E-state index in [-0.39, 0.29) is 5.82 Å². The summed E-state index contributed by atoms with van der Waals surface area (Å²) in [5.41, 5.74) is 1.98. The van der Waals surface area contributed by atoms with Crippen molar-refractivity contribution in [3.05, 3.63) is 84.4 Å². The second kappa shape index (κ2) is 6.94. The predicted octanol–water partition coefficient (Wildman–Crippen LogP) is 4.96. The molecule has 2 heterocycles. The summed E-state index contributed by atoms with van der Waals surface area (Å²) < 4.78 is 20.7. The molecule has 0 amide bonds. The molecular formula is C19H14FN3OS. The third kappa shape index (κ3) is 3.34. The predicted molar refractivity (Wildman–Crippen MR) is 95.0 cm³/mol. The molecular weight excluding hydrogens is 337 g/mol. The summed E-state index contributed by atoms with van der Waals surface area (Å²) in [5, 5.41) is 9.31. The number of furan rings is 1. The molecule has 0 saturated carbocycles. The molecule has 0 atom stereocenters. The molecule has 4 aromatic rings. The Labute approximate surface area is 148 Å². The monoisotopic (exact) mass is 351 g/mol. The van der Waals surface area contributed by atoms with Gasteiger partial charge in [-0.15, -0.1) is 10.2 Å². The van der Waals surface area contributed by atoms with Gasteiger partial charge in [-0.05, 0) is 42.0 Å². The van der Waals surface area contributed by atoms with Crippen LogP contribution in [0.5, 0.6) is 0 Å². The van der Waals surface area contributed by atoms with Gasteiger partial charge in [-0.3, -0.25) is 4.57 Å². The average Bonchev–Trinajstić information content (AvgIpc) is 3.31. The lowest BCUT2D eigenvalue weighted by Crippen LogP contribution is -1.99. The van der Waals surface area contributed by atoms with Crippen LogP contribution in [0.3, 0.4) is 0 Å². The average molecular weight is 351 g/mol. The molecule has 0 N–H and O–H groups in total. The first kappa shape index (κ1) is 15.7. The van der Waals surface area contributed by atoms with Crippen LogP contribution in [0.25, 0.3) is 17.3 Å². The van der Waals surface area contributed by atoms with E-state index in [0.717, 1.165) is 16.6 Å². The van der Waals surface area contributed by atoms with Crippen molar-refractivity contribution >= 4 is 11.8 Å². The van der Waals surface area contributed by atoms with E-state index in [1.54, 1.807) is 36.2 Å². The summed E-state index contributed by atoms with van der Waals surface area (Å²) in [6, 6.07) is 20.0. The van der Waals surface area contributed by atoms with Crippen molar-refractivity contribution in [2.24, 2.45) is 0 Å². The molecule has 0 spiro atoms. The molecule has 0 aliphatic heterocycles. The summed E-state index contributed by atoms with van der Waals surface area (Å²) in [5.74, 6) is 1.68. The van der Waals surface area contributed by atoms with Gasteiger partial charge < -0.3 is 4.42 Å². The largest absolute Gasteiger partial charge is 0.461 e. The minimum absolute atomic E-state index is 0.283. The maximum absolute atomic E-state index is 13.3. The molecule has 0 fully saturated rings. The summed E-state index contributed by atoms with van der Waals surface area (Å²) in [4.78, 5) is 0. The molecule has 0 unspecified atom stereocenters. The van der Waals surface area contributed by atoms with E-state index < -0.39 is 0 Å². The van der Waals surface area contributed by atoms with Gasteiger partial charge in [0.1, 0.15) is 5.82 Å². The summed E-state index contributed by atoms with van der Waals surface area (Å²) in [7, 11) is 0. The maximum Gasteiger partial charge on any atom is 0.205 e. The smallest absolute Gasteiger partial charge is 0.205 e. The quantitative estimate of drug-likeness (QED) is 0.477. The summed E-state index contributed by atoms with van der Waals surface area (Å²) in [6.07, 6.45) is 1.59. The van der Waals surface area contributed by atoms with E-state index in [0.29, 0.717) is 11.6 Å². The molecule has 0 aliphatic rings. The Balaban J connectivity index is 1.72. The van der Waals surface area contributed by atoms with E-state index >= 15 is 0 Å². The Morgan fingerprint density at radius 2 is 1.72 bits per heavy atom.